The summed E-state index contributed by atoms with van der Waals surface area (Å²) in [6.45, 7) is 3.65. The highest BCUT2D eigenvalue weighted by Gasteiger charge is 2.26. The maximum absolute atomic E-state index is 11.0. The van der Waals surface area contributed by atoms with Crippen LogP contribution < -0.4 is 4.90 Å². The molecule has 8 nitrogen and oxygen atoms in total. The first kappa shape index (κ1) is 22.3. The predicted octanol–water partition coefficient (Wildman–Crippen LogP) is 5.37. The fraction of sp³-hybridized carbons (Fsp3) is 0.250. The molecule has 1 saturated heterocycles. The van der Waals surface area contributed by atoms with Gasteiger partial charge in [-0.2, -0.15) is 5.26 Å². The minimum absolute atomic E-state index is 0.0741. The Morgan fingerprint density at radius 3 is 2.71 bits per heavy atom. The number of imidazole rings is 1. The molecule has 3 heterocycles. The summed E-state index contributed by atoms with van der Waals surface area (Å²) in [6.07, 6.45) is 2.21. The van der Waals surface area contributed by atoms with Gasteiger partial charge in [0, 0.05) is 18.1 Å². The number of hydrogen-bond acceptors (Lipinski definition) is 7. The summed E-state index contributed by atoms with van der Waals surface area (Å²) < 4.78 is 1.96. The molecule has 0 bridgehead atoms. The van der Waals surface area contributed by atoms with Gasteiger partial charge in [-0.15, -0.1) is 10.2 Å². The number of H-pyrrole nitrogens is 1. The first-order valence-corrected chi connectivity index (χ1v) is 12.2. The van der Waals surface area contributed by atoms with Crippen LogP contribution in [-0.4, -0.2) is 48.2 Å². The molecular weight excluding hydrogens is 470 g/mol. The van der Waals surface area contributed by atoms with Gasteiger partial charge in [-0.05, 0) is 50.1 Å². The van der Waals surface area contributed by atoms with Gasteiger partial charge >= 0.3 is 0 Å². The lowest BCUT2D eigenvalue weighted by Gasteiger charge is -2.19. The molecule has 0 aliphatic carbocycles. The summed E-state index contributed by atoms with van der Waals surface area (Å²) in [4.78, 5) is 9.78. The van der Waals surface area contributed by atoms with Crippen LogP contribution in [0.25, 0.3) is 22.3 Å². The number of nitrogens with one attached hydrogen (secondary N) is 1. The molecule has 1 aliphatic heterocycles. The molecule has 1 aliphatic rings. The number of benzene rings is 2. The van der Waals surface area contributed by atoms with Crippen LogP contribution in [-0.2, 0) is 0 Å². The molecule has 0 saturated carbocycles. The normalized spacial score (nSPS) is 15.4. The number of halogens is 1. The van der Waals surface area contributed by atoms with E-state index in [0.29, 0.717) is 16.0 Å². The summed E-state index contributed by atoms with van der Waals surface area (Å²) in [5, 5.41) is 30.5. The van der Waals surface area contributed by atoms with Crippen molar-refractivity contribution in [1.82, 2.24) is 24.7 Å². The molecule has 1 unspecified atom stereocenters. The molecule has 0 amide bonds. The van der Waals surface area contributed by atoms with Crippen LogP contribution in [0.15, 0.2) is 59.4 Å². The van der Waals surface area contributed by atoms with Gasteiger partial charge in [0.1, 0.15) is 17.4 Å². The quantitative estimate of drug-likeness (QED) is 0.212. The van der Waals surface area contributed by atoms with Gasteiger partial charge in [-0.1, -0.05) is 41.6 Å². The average Bonchev–Trinajstić information content (AvgIpc) is 3.58. The SMILES string of the molecule is CC(Sc1nnc(N2CCCC2)n1-c1cccc(Cl)c1)/C(O)=C(/C#N)c1nc2ccccc2[nH]1. The number of aromatic nitrogens is 5. The van der Waals surface area contributed by atoms with Gasteiger partial charge in [0.05, 0.1) is 22.0 Å². The largest absolute Gasteiger partial charge is 0.510 e. The highest BCUT2D eigenvalue weighted by Crippen LogP contribution is 2.34. The molecule has 2 aromatic carbocycles. The average molecular weight is 492 g/mol. The Bertz CT molecular complexity index is 1380. The van der Waals surface area contributed by atoms with E-state index < -0.39 is 5.25 Å². The van der Waals surface area contributed by atoms with Crippen molar-refractivity contribution in [2.75, 3.05) is 18.0 Å². The van der Waals surface area contributed by atoms with Crippen molar-refractivity contribution in [1.29, 1.82) is 5.26 Å². The van der Waals surface area contributed by atoms with Gasteiger partial charge in [0.25, 0.3) is 0 Å². The molecule has 0 spiro atoms. The Morgan fingerprint density at radius 2 is 1.97 bits per heavy atom. The number of hydrogen-bond donors (Lipinski definition) is 2. The molecule has 172 valence electrons. The standard InChI is InChI=1S/C24H22ClN7OS/c1-15(21(33)18(14-26)22-27-19-9-2-3-10-20(19)28-22)34-24-30-29-23(31-11-4-5-12-31)32(24)17-8-6-7-16(25)13-17/h2-3,6-10,13,15,33H,4-5,11-12H2,1H3,(H,27,28)/b21-18+. The van der Waals surface area contributed by atoms with Crippen molar-refractivity contribution in [3.63, 3.8) is 0 Å². The lowest BCUT2D eigenvalue weighted by Crippen LogP contribution is -2.22. The molecule has 34 heavy (non-hydrogen) atoms. The molecular formula is C24H22ClN7OS. The molecule has 2 aromatic heterocycles. The number of allylic oxidation sites excluding steroid dienone is 1. The molecule has 5 rings (SSSR count). The highest BCUT2D eigenvalue weighted by atomic mass is 35.5. The van der Waals surface area contributed by atoms with Crippen LogP contribution >= 0.6 is 23.4 Å². The minimum Gasteiger partial charge on any atom is -0.510 e. The Morgan fingerprint density at radius 1 is 1.18 bits per heavy atom. The smallest absolute Gasteiger partial charge is 0.232 e. The van der Waals surface area contributed by atoms with Crippen LogP contribution in [0.1, 0.15) is 25.6 Å². The van der Waals surface area contributed by atoms with E-state index >= 15 is 0 Å². The van der Waals surface area contributed by atoms with Gasteiger partial charge in [0.2, 0.25) is 5.95 Å². The third kappa shape index (κ3) is 4.22. The number of nitrogens with zero attached hydrogens (tertiary/aromatic N) is 6. The second kappa shape index (κ2) is 9.41. The van der Waals surface area contributed by atoms with E-state index in [1.165, 1.54) is 11.8 Å². The first-order chi connectivity index (χ1) is 16.5. The number of fused-ring (bicyclic) bond motifs is 1. The number of thioether (sulfide) groups is 1. The summed E-state index contributed by atoms with van der Waals surface area (Å²) in [7, 11) is 0. The van der Waals surface area contributed by atoms with Gasteiger partial charge in [-0.25, -0.2) is 4.98 Å². The molecule has 1 fully saturated rings. The number of rotatable bonds is 6. The van der Waals surface area contributed by atoms with Crippen molar-refractivity contribution in [2.24, 2.45) is 0 Å². The minimum atomic E-state index is -0.476. The van der Waals surface area contributed by atoms with Crippen molar-refractivity contribution in [3.05, 3.63) is 65.1 Å². The molecule has 2 N–H and O–H groups in total. The van der Waals surface area contributed by atoms with Crippen LogP contribution in [0, 0.1) is 11.3 Å². The summed E-state index contributed by atoms with van der Waals surface area (Å²) in [6, 6.07) is 17.1. The summed E-state index contributed by atoms with van der Waals surface area (Å²) >= 11 is 7.60. The summed E-state index contributed by atoms with van der Waals surface area (Å²) in [5.41, 5.74) is 2.48. The number of anilines is 1. The third-order valence-electron chi connectivity index (χ3n) is 5.73. The Balaban J connectivity index is 1.51. The molecule has 1 atom stereocenters. The zero-order chi connectivity index (χ0) is 23.7. The number of aromatic amines is 1. The van der Waals surface area contributed by atoms with Crippen molar-refractivity contribution in [3.8, 4) is 11.8 Å². The van der Waals surface area contributed by atoms with Gasteiger partial charge in [-0.3, -0.25) is 4.57 Å². The van der Waals surface area contributed by atoms with Crippen LogP contribution in [0.5, 0.6) is 0 Å². The zero-order valence-corrected chi connectivity index (χ0v) is 20.0. The fourth-order valence-corrected chi connectivity index (χ4v) is 5.13. The van der Waals surface area contributed by atoms with Crippen molar-refractivity contribution < 1.29 is 5.11 Å². The number of aliphatic hydroxyl groups is 1. The van der Waals surface area contributed by atoms with E-state index in [9.17, 15) is 10.4 Å². The second-order valence-electron chi connectivity index (χ2n) is 8.03. The van der Waals surface area contributed by atoms with Crippen LogP contribution in [0.4, 0.5) is 5.95 Å². The van der Waals surface area contributed by atoms with E-state index in [1.807, 2.05) is 60.0 Å². The van der Waals surface area contributed by atoms with Crippen molar-refractivity contribution >= 4 is 45.9 Å². The lowest BCUT2D eigenvalue weighted by molar-refractivity contribution is 0.401. The number of aliphatic hydroxyl groups excluding tert-OH is 1. The van der Waals surface area contributed by atoms with Crippen LogP contribution in [0.3, 0.4) is 0 Å². The molecule has 0 radical (unpaired) electrons. The molecule has 10 heteroatoms. The maximum Gasteiger partial charge on any atom is 0.232 e. The maximum atomic E-state index is 11.0. The van der Waals surface area contributed by atoms with E-state index in [4.69, 9.17) is 11.6 Å². The monoisotopic (exact) mass is 491 g/mol. The highest BCUT2D eigenvalue weighted by molar-refractivity contribution is 8.00. The van der Waals surface area contributed by atoms with E-state index in [1.54, 1.807) is 0 Å². The second-order valence-corrected chi connectivity index (χ2v) is 9.77. The fourth-order valence-electron chi connectivity index (χ4n) is 4.02. The zero-order valence-electron chi connectivity index (χ0n) is 18.4. The van der Waals surface area contributed by atoms with Gasteiger partial charge < -0.3 is 15.0 Å². The predicted molar refractivity (Wildman–Crippen MR) is 134 cm³/mol. The van der Waals surface area contributed by atoms with Crippen molar-refractivity contribution in [2.45, 2.75) is 30.2 Å². The van der Waals surface area contributed by atoms with E-state index in [-0.39, 0.29) is 11.3 Å². The topological polar surface area (TPSA) is 107 Å². The van der Waals surface area contributed by atoms with E-state index in [2.05, 4.69) is 31.1 Å². The van der Waals surface area contributed by atoms with Gasteiger partial charge in [0.15, 0.2) is 11.0 Å². The molecule has 4 aromatic rings. The number of nitriles is 1. The van der Waals surface area contributed by atoms with Crippen LogP contribution in [0.2, 0.25) is 5.02 Å². The Kier molecular flexibility index (Phi) is 6.18. The third-order valence-corrected chi connectivity index (χ3v) is 7.02. The lowest BCUT2D eigenvalue weighted by atomic mass is 10.2. The number of para-hydroxylation sites is 2. The summed E-state index contributed by atoms with van der Waals surface area (Å²) in [5.74, 6) is 1.01. The first-order valence-electron chi connectivity index (χ1n) is 11.0. The van der Waals surface area contributed by atoms with E-state index in [0.717, 1.165) is 48.6 Å². The Hall–Kier alpha value is -3.48. The Labute approximate surface area is 205 Å².